The van der Waals surface area contributed by atoms with Crippen molar-refractivity contribution in [3.8, 4) is 0 Å². The highest BCUT2D eigenvalue weighted by atomic mass is 16.2. The molecule has 0 spiro atoms. The molecule has 164 valence electrons. The van der Waals surface area contributed by atoms with E-state index in [1.54, 1.807) is 6.07 Å². The van der Waals surface area contributed by atoms with E-state index in [9.17, 15) is 14.4 Å². The van der Waals surface area contributed by atoms with Gasteiger partial charge in [-0.15, -0.1) is 0 Å². The number of aryl methyl sites for hydroxylation is 1. The SMILES string of the molecule is CCCNC(=O)C(NC(=O)c1ccccc1C)C1CCN(C(=O)c2ccccc2)CC1. The summed E-state index contributed by atoms with van der Waals surface area (Å²) >= 11 is 0. The summed E-state index contributed by atoms with van der Waals surface area (Å²) < 4.78 is 0. The smallest absolute Gasteiger partial charge is 0.253 e. The van der Waals surface area contributed by atoms with Crippen LogP contribution in [0.1, 0.15) is 52.5 Å². The van der Waals surface area contributed by atoms with Crippen molar-refractivity contribution in [3.63, 3.8) is 0 Å². The van der Waals surface area contributed by atoms with Crippen LogP contribution in [-0.4, -0.2) is 48.3 Å². The quantitative estimate of drug-likeness (QED) is 0.721. The number of piperidine rings is 1. The van der Waals surface area contributed by atoms with E-state index in [4.69, 9.17) is 0 Å². The fraction of sp³-hybridized carbons (Fsp3) is 0.400. The molecule has 1 unspecified atom stereocenters. The molecule has 1 atom stereocenters. The Hall–Kier alpha value is -3.15. The third-order valence-electron chi connectivity index (χ3n) is 5.83. The summed E-state index contributed by atoms with van der Waals surface area (Å²) in [5.41, 5.74) is 2.12. The Morgan fingerprint density at radius 2 is 1.65 bits per heavy atom. The standard InChI is InChI=1S/C25H31N3O3/c1-3-15-26-24(30)22(27-23(29)21-12-8-7-9-18(21)2)19-13-16-28(17-14-19)25(31)20-10-5-4-6-11-20/h4-12,19,22H,3,13-17H2,1-2H3,(H,26,30)(H,27,29). The number of hydrogen-bond acceptors (Lipinski definition) is 3. The number of nitrogens with zero attached hydrogens (tertiary/aromatic N) is 1. The van der Waals surface area contributed by atoms with Gasteiger partial charge in [-0.2, -0.15) is 0 Å². The zero-order valence-electron chi connectivity index (χ0n) is 18.3. The fourth-order valence-corrected chi connectivity index (χ4v) is 4.00. The van der Waals surface area contributed by atoms with E-state index in [-0.39, 0.29) is 23.6 Å². The molecular weight excluding hydrogens is 390 g/mol. The van der Waals surface area contributed by atoms with Gasteiger partial charge in [0.2, 0.25) is 5.91 Å². The Morgan fingerprint density at radius 3 is 2.29 bits per heavy atom. The molecule has 0 aromatic heterocycles. The summed E-state index contributed by atoms with van der Waals surface area (Å²) in [6.07, 6.45) is 2.15. The summed E-state index contributed by atoms with van der Waals surface area (Å²) in [6.45, 7) is 5.58. The number of hydrogen-bond donors (Lipinski definition) is 2. The van der Waals surface area contributed by atoms with Crippen molar-refractivity contribution in [2.45, 2.75) is 39.2 Å². The lowest BCUT2D eigenvalue weighted by molar-refractivity contribution is -0.124. The molecule has 0 radical (unpaired) electrons. The van der Waals surface area contributed by atoms with Crippen LogP contribution in [0.3, 0.4) is 0 Å². The predicted octanol–water partition coefficient (Wildman–Crippen LogP) is 3.17. The Morgan fingerprint density at radius 1 is 1.00 bits per heavy atom. The molecule has 6 heteroatoms. The van der Waals surface area contributed by atoms with Gasteiger partial charge in [0.15, 0.2) is 0 Å². The van der Waals surface area contributed by atoms with Crippen molar-refractivity contribution in [1.29, 1.82) is 0 Å². The number of amides is 3. The molecule has 2 aromatic rings. The molecule has 0 aliphatic carbocycles. The zero-order chi connectivity index (χ0) is 22.2. The number of nitrogens with one attached hydrogen (secondary N) is 2. The number of carbonyl (C=O) groups is 3. The van der Waals surface area contributed by atoms with E-state index >= 15 is 0 Å². The minimum atomic E-state index is -0.618. The second kappa shape index (κ2) is 10.8. The van der Waals surface area contributed by atoms with Gasteiger partial charge in [-0.05, 0) is 55.9 Å². The van der Waals surface area contributed by atoms with Gasteiger partial charge in [0.25, 0.3) is 11.8 Å². The van der Waals surface area contributed by atoms with E-state index in [0.717, 1.165) is 12.0 Å². The molecule has 1 aliphatic heterocycles. The second-order valence-electron chi connectivity index (χ2n) is 8.05. The van der Waals surface area contributed by atoms with Gasteiger partial charge in [-0.25, -0.2) is 0 Å². The predicted molar refractivity (Wildman–Crippen MR) is 121 cm³/mol. The van der Waals surface area contributed by atoms with Crippen LogP contribution in [0.4, 0.5) is 0 Å². The highest BCUT2D eigenvalue weighted by molar-refractivity contribution is 5.98. The van der Waals surface area contributed by atoms with E-state index in [2.05, 4.69) is 10.6 Å². The second-order valence-corrected chi connectivity index (χ2v) is 8.05. The Kier molecular flexibility index (Phi) is 7.82. The van der Waals surface area contributed by atoms with Crippen LogP contribution in [0.5, 0.6) is 0 Å². The molecule has 0 saturated carbocycles. The highest BCUT2D eigenvalue weighted by Crippen LogP contribution is 2.23. The normalized spacial score (nSPS) is 15.2. The van der Waals surface area contributed by atoms with Crippen LogP contribution in [-0.2, 0) is 4.79 Å². The molecule has 3 rings (SSSR count). The average molecular weight is 422 g/mol. The molecule has 1 aliphatic rings. The minimum Gasteiger partial charge on any atom is -0.354 e. The number of carbonyl (C=O) groups excluding carboxylic acids is 3. The maximum atomic E-state index is 12.9. The van der Waals surface area contributed by atoms with Crippen molar-refractivity contribution < 1.29 is 14.4 Å². The van der Waals surface area contributed by atoms with Crippen molar-refractivity contribution in [2.75, 3.05) is 19.6 Å². The maximum Gasteiger partial charge on any atom is 0.253 e. The van der Waals surface area contributed by atoms with Crippen LogP contribution in [0, 0.1) is 12.8 Å². The number of benzene rings is 2. The topological polar surface area (TPSA) is 78.5 Å². The zero-order valence-corrected chi connectivity index (χ0v) is 18.3. The summed E-state index contributed by atoms with van der Waals surface area (Å²) in [6, 6.07) is 16.0. The van der Waals surface area contributed by atoms with Gasteiger partial charge in [0.1, 0.15) is 6.04 Å². The van der Waals surface area contributed by atoms with Crippen molar-refractivity contribution in [1.82, 2.24) is 15.5 Å². The number of rotatable bonds is 7. The highest BCUT2D eigenvalue weighted by Gasteiger charge is 2.34. The Labute approximate surface area is 184 Å². The first-order valence-corrected chi connectivity index (χ1v) is 11.0. The summed E-state index contributed by atoms with van der Waals surface area (Å²) in [7, 11) is 0. The van der Waals surface area contributed by atoms with Gasteiger partial charge in [-0.3, -0.25) is 14.4 Å². The largest absolute Gasteiger partial charge is 0.354 e. The average Bonchev–Trinajstić information content (AvgIpc) is 2.81. The van der Waals surface area contributed by atoms with E-state index in [1.807, 2.05) is 67.3 Å². The third kappa shape index (κ3) is 5.72. The lowest BCUT2D eigenvalue weighted by Gasteiger charge is -2.36. The fourth-order valence-electron chi connectivity index (χ4n) is 4.00. The van der Waals surface area contributed by atoms with Gasteiger partial charge in [0, 0.05) is 30.8 Å². The van der Waals surface area contributed by atoms with E-state index in [1.165, 1.54) is 0 Å². The third-order valence-corrected chi connectivity index (χ3v) is 5.83. The van der Waals surface area contributed by atoms with Crippen molar-refractivity contribution in [2.24, 2.45) is 5.92 Å². The molecular formula is C25H31N3O3. The van der Waals surface area contributed by atoms with Gasteiger partial charge >= 0.3 is 0 Å². The van der Waals surface area contributed by atoms with E-state index < -0.39 is 6.04 Å². The summed E-state index contributed by atoms with van der Waals surface area (Å²) in [5.74, 6) is -0.409. The lowest BCUT2D eigenvalue weighted by atomic mass is 9.88. The van der Waals surface area contributed by atoms with Gasteiger partial charge in [-0.1, -0.05) is 43.3 Å². The Balaban J connectivity index is 1.68. The van der Waals surface area contributed by atoms with Gasteiger partial charge in [0.05, 0.1) is 0 Å². The first-order chi connectivity index (χ1) is 15.0. The van der Waals surface area contributed by atoms with Crippen molar-refractivity contribution >= 4 is 17.7 Å². The molecule has 2 aromatic carbocycles. The summed E-state index contributed by atoms with van der Waals surface area (Å²) in [4.78, 5) is 40.3. The molecule has 3 amide bonds. The molecule has 31 heavy (non-hydrogen) atoms. The van der Waals surface area contributed by atoms with Crippen LogP contribution in [0.15, 0.2) is 54.6 Å². The van der Waals surface area contributed by atoms with Crippen LogP contribution in [0.25, 0.3) is 0 Å². The van der Waals surface area contributed by atoms with Crippen LogP contribution >= 0.6 is 0 Å². The number of likely N-dealkylation sites (tertiary alicyclic amines) is 1. The lowest BCUT2D eigenvalue weighted by Crippen LogP contribution is -2.54. The van der Waals surface area contributed by atoms with Crippen molar-refractivity contribution in [3.05, 3.63) is 71.3 Å². The Bertz CT molecular complexity index is 905. The van der Waals surface area contributed by atoms with E-state index in [0.29, 0.717) is 43.6 Å². The first kappa shape index (κ1) is 22.5. The maximum absolute atomic E-state index is 12.9. The molecule has 0 bridgehead atoms. The van der Waals surface area contributed by atoms with Crippen LogP contribution in [0.2, 0.25) is 0 Å². The van der Waals surface area contributed by atoms with Crippen LogP contribution < -0.4 is 10.6 Å². The monoisotopic (exact) mass is 421 g/mol. The first-order valence-electron chi connectivity index (χ1n) is 11.0. The van der Waals surface area contributed by atoms with Gasteiger partial charge < -0.3 is 15.5 Å². The molecule has 1 saturated heterocycles. The molecule has 1 heterocycles. The summed E-state index contributed by atoms with van der Waals surface area (Å²) in [5, 5.41) is 5.90. The minimum absolute atomic E-state index is 0.00924. The molecule has 6 nitrogen and oxygen atoms in total. The molecule has 1 fully saturated rings. The molecule has 2 N–H and O–H groups in total.